The van der Waals surface area contributed by atoms with Gasteiger partial charge in [-0.15, -0.1) is 0 Å². The lowest BCUT2D eigenvalue weighted by Gasteiger charge is -2.23. The number of ether oxygens (including phenoxy) is 2. The van der Waals surface area contributed by atoms with E-state index in [9.17, 15) is 4.79 Å². The van der Waals surface area contributed by atoms with Crippen LogP contribution in [0.15, 0.2) is 54.6 Å². The van der Waals surface area contributed by atoms with Crippen molar-refractivity contribution in [2.75, 3.05) is 27.3 Å². The molecule has 1 amide bonds. The Bertz CT molecular complexity index is 625. The van der Waals surface area contributed by atoms with E-state index in [4.69, 9.17) is 9.47 Å². The second-order valence-corrected chi connectivity index (χ2v) is 5.66. The molecule has 2 rings (SSSR count). The zero-order valence-corrected chi connectivity index (χ0v) is 14.6. The third-order valence-corrected chi connectivity index (χ3v) is 4.04. The van der Waals surface area contributed by atoms with Crippen molar-refractivity contribution in [2.45, 2.75) is 19.3 Å². The molecule has 128 valence electrons. The molecule has 2 aromatic carbocycles. The van der Waals surface area contributed by atoms with Gasteiger partial charge in [0.1, 0.15) is 18.1 Å². The zero-order valence-electron chi connectivity index (χ0n) is 14.6. The Morgan fingerprint density at radius 2 is 1.67 bits per heavy atom. The normalized spacial score (nSPS) is 11.6. The smallest absolute Gasteiger partial charge is 0.229 e. The molecule has 1 unspecified atom stereocenters. The van der Waals surface area contributed by atoms with Gasteiger partial charge in [-0.25, -0.2) is 0 Å². The number of amides is 1. The number of likely N-dealkylation sites (N-methyl/N-ethyl adjacent to an activating group) is 1. The zero-order chi connectivity index (χ0) is 17.4. The van der Waals surface area contributed by atoms with E-state index >= 15 is 0 Å². The van der Waals surface area contributed by atoms with E-state index < -0.39 is 0 Å². The van der Waals surface area contributed by atoms with Crippen LogP contribution in [0.1, 0.15) is 24.8 Å². The van der Waals surface area contributed by atoms with Crippen LogP contribution < -0.4 is 9.47 Å². The average Bonchev–Trinajstić information content (AvgIpc) is 2.63. The molecule has 0 fully saturated rings. The van der Waals surface area contributed by atoms with E-state index in [2.05, 4.69) is 0 Å². The highest BCUT2D eigenvalue weighted by Crippen LogP contribution is 2.21. The van der Waals surface area contributed by atoms with Gasteiger partial charge in [-0.1, -0.05) is 37.3 Å². The Balaban J connectivity index is 1.86. The monoisotopic (exact) mass is 327 g/mol. The third kappa shape index (κ3) is 4.75. The number of nitrogens with zero attached hydrogens (tertiary/aromatic N) is 1. The minimum absolute atomic E-state index is 0.0998. The number of hydrogen-bond acceptors (Lipinski definition) is 3. The van der Waals surface area contributed by atoms with Crippen molar-refractivity contribution in [1.82, 2.24) is 4.90 Å². The third-order valence-electron chi connectivity index (χ3n) is 4.04. The number of benzene rings is 2. The maximum atomic E-state index is 12.7. The number of carbonyl (C=O) groups is 1. The fourth-order valence-electron chi connectivity index (χ4n) is 2.59. The predicted molar refractivity (Wildman–Crippen MR) is 95.6 cm³/mol. The minimum atomic E-state index is -0.0998. The van der Waals surface area contributed by atoms with E-state index in [1.165, 1.54) is 0 Å². The minimum Gasteiger partial charge on any atom is -0.497 e. The van der Waals surface area contributed by atoms with Gasteiger partial charge in [-0.3, -0.25) is 4.79 Å². The molecule has 24 heavy (non-hydrogen) atoms. The van der Waals surface area contributed by atoms with Crippen molar-refractivity contribution >= 4 is 5.91 Å². The van der Waals surface area contributed by atoms with Crippen molar-refractivity contribution in [1.29, 1.82) is 0 Å². The molecule has 0 aromatic heterocycles. The average molecular weight is 327 g/mol. The van der Waals surface area contributed by atoms with Gasteiger partial charge in [-0.05, 0) is 36.2 Å². The highest BCUT2D eigenvalue weighted by Gasteiger charge is 2.21. The Kier molecular flexibility index (Phi) is 6.67. The van der Waals surface area contributed by atoms with Gasteiger partial charge >= 0.3 is 0 Å². The summed E-state index contributed by atoms with van der Waals surface area (Å²) in [5.41, 5.74) is 1.06. The van der Waals surface area contributed by atoms with Crippen molar-refractivity contribution in [3.05, 3.63) is 60.2 Å². The molecule has 0 radical (unpaired) electrons. The summed E-state index contributed by atoms with van der Waals surface area (Å²) in [4.78, 5) is 14.4. The predicted octanol–water partition coefficient (Wildman–Crippen LogP) is 3.73. The molecule has 0 saturated carbocycles. The topological polar surface area (TPSA) is 38.8 Å². The largest absolute Gasteiger partial charge is 0.497 e. The molecule has 0 bridgehead atoms. The fraction of sp³-hybridized carbons (Fsp3) is 0.350. The van der Waals surface area contributed by atoms with Crippen molar-refractivity contribution in [2.24, 2.45) is 0 Å². The SMILES string of the molecule is CCC(C(=O)N(C)CCOc1ccc(OC)cc1)c1ccccc1. The van der Waals surface area contributed by atoms with E-state index in [0.717, 1.165) is 23.5 Å². The molecule has 4 nitrogen and oxygen atoms in total. The molecule has 1 atom stereocenters. The van der Waals surface area contributed by atoms with Gasteiger partial charge in [0.25, 0.3) is 0 Å². The van der Waals surface area contributed by atoms with Gasteiger partial charge in [0.2, 0.25) is 5.91 Å². The number of rotatable bonds is 8. The van der Waals surface area contributed by atoms with Crippen LogP contribution in [0.3, 0.4) is 0 Å². The standard InChI is InChI=1S/C20H25NO3/c1-4-19(16-8-6-5-7-9-16)20(22)21(2)14-15-24-18-12-10-17(23-3)11-13-18/h5-13,19H,4,14-15H2,1-3H3. The van der Waals surface area contributed by atoms with Crippen LogP contribution in [-0.2, 0) is 4.79 Å². The first-order chi connectivity index (χ1) is 11.7. The van der Waals surface area contributed by atoms with Crippen molar-refractivity contribution < 1.29 is 14.3 Å². The van der Waals surface area contributed by atoms with Gasteiger partial charge in [0.15, 0.2) is 0 Å². The van der Waals surface area contributed by atoms with Crippen LogP contribution in [0, 0.1) is 0 Å². The Morgan fingerprint density at radius 1 is 1.04 bits per heavy atom. The molecule has 0 aliphatic heterocycles. The van der Waals surface area contributed by atoms with Crippen LogP contribution in [0.4, 0.5) is 0 Å². The molecule has 4 heteroatoms. The first-order valence-corrected chi connectivity index (χ1v) is 8.22. The molecule has 0 spiro atoms. The van der Waals surface area contributed by atoms with E-state index in [1.807, 2.05) is 68.6 Å². The lowest BCUT2D eigenvalue weighted by Crippen LogP contribution is -2.34. The van der Waals surface area contributed by atoms with Crippen LogP contribution in [0.5, 0.6) is 11.5 Å². The number of hydrogen-bond donors (Lipinski definition) is 0. The molecule has 0 N–H and O–H groups in total. The van der Waals surface area contributed by atoms with Crippen LogP contribution >= 0.6 is 0 Å². The van der Waals surface area contributed by atoms with Crippen molar-refractivity contribution in [3.8, 4) is 11.5 Å². The van der Waals surface area contributed by atoms with Crippen LogP contribution in [-0.4, -0.2) is 38.1 Å². The maximum Gasteiger partial charge on any atom is 0.229 e. The summed E-state index contributed by atoms with van der Waals surface area (Å²) < 4.78 is 10.8. The summed E-state index contributed by atoms with van der Waals surface area (Å²) in [7, 11) is 3.46. The van der Waals surface area contributed by atoms with E-state index in [1.54, 1.807) is 12.0 Å². The summed E-state index contributed by atoms with van der Waals surface area (Å²) >= 11 is 0. The lowest BCUT2D eigenvalue weighted by atomic mass is 9.95. The Labute approximate surface area is 144 Å². The van der Waals surface area contributed by atoms with Gasteiger partial charge in [0, 0.05) is 7.05 Å². The van der Waals surface area contributed by atoms with E-state index in [0.29, 0.717) is 13.2 Å². The highest BCUT2D eigenvalue weighted by molar-refractivity contribution is 5.83. The Morgan fingerprint density at radius 3 is 2.25 bits per heavy atom. The summed E-state index contributed by atoms with van der Waals surface area (Å²) in [6, 6.07) is 17.4. The summed E-state index contributed by atoms with van der Waals surface area (Å²) in [6.07, 6.45) is 0.784. The number of methoxy groups -OCH3 is 1. The van der Waals surface area contributed by atoms with Crippen LogP contribution in [0.25, 0.3) is 0 Å². The molecule has 0 heterocycles. The Hall–Kier alpha value is -2.49. The maximum absolute atomic E-state index is 12.7. The van der Waals surface area contributed by atoms with Crippen LogP contribution in [0.2, 0.25) is 0 Å². The second kappa shape index (κ2) is 8.96. The van der Waals surface area contributed by atoms with Gasteiger partial charge in [0.05, 0.1) is 19.6 Å². The summed E-state index contributed by atoms with van der Waals surface area (Å²) in [6.45, 7) is 3.05. The summed E-state index contributed by atoms with van der Waals surface area (Å²) in [5, 5.41) is 0. The molecule has 0 aliphatic carbocycles. The molecule has 0 saturated heterocycles. The molecular weight excluding hydrogens is 302 g/mol. The van der Waals surface area contributed by atoms with Gasteiger partial charge < -0.3 is 14.4 Å². The van der Waals surface area contributed by atoms with E-state index in [-0.39, 0.29) is 11.8 Å². The highest BCUT2D eigenvalue weighted by atomic mass is 16.5. The second-order valence-electron chi connectivity index (χ2n) is 5.66. The molecule has 2 aromatic rings. The number of carbonyl (C=O) groups excluding carboxylic acids is 1. The van der Waals surface area contributed by atoms with Gasteiger partial charge in [-0.2, -0.15) is 0 Å². The lowest BCUT2D eigenvalue weighted by molar-refractivity contribution is -0.131. The first kappa shape index (κ1) is 17.9. The molecular formula is C20H25NO3. The van der Waals surface area contributed by atoms with Crippen molar-refractivity contribution in [3.63, 3.8) is 0 Å². The molecule has 0 aliphatic rings. The first-order valence-electron chi connectivity index (χ1n) is 8.22. The quantitative estimate of drug-likeness (QED) is 0.741. The summed E-state index contributed by atoms with van der Waals surface area (Å²) in [5.74, 6) is 1.59. The fourth-order valence-corrected chi connectivity index (χ4v) is 2.59.